The number of aromatic carboxylic acids is 1. The van der Waals surface area contributed by atoms with E-state index in [9.17, 15) is 9.59 Å². The Kier molecular flexibility index (Phi) is 5.36. The molecule has 0 aliphatic rings. The van der Waals surface area contributed by atoms with Crippen LogP contribution in [0.3, 0.4) is 0 Å². The number of carbonyl (C=O) groups is 2. The second-order valence-corrected chi connectivity index (χ2v) is 4.60. The molecule has 0 fully saturated rings. The number of rotatable bonds is 5. The molecule has 0 aliphatic heterocycles. The lowest BCUT2D eigenvalue weighted by molar-refractivity contribution is 0.0697. The molecule has 0 spiro atoms. The van der Waals surface area contributed by atoms with Gasteiger partial charge in [-0.15, -0.1) is 0 Å². The van der Waals surface area contributed by atoms with E-state index in [1.165, 1.54) is 12.1 Å². The fourth-order valence-electron chi connectivity index (χ4n) is 1.73. The van der Waals surface area contributed by atoms with E-state index in [1.54, 1.807) is 17.0 Å². The average molecular weight is 264 g/mol. The second-order valence-electron chi connectivity index (χ2n) is 4.60. The van der Waals surface area contributed by atoms with Crippen LogP contribution in [0.2, 0.25) is 0 Å². The molecule has 0 heterocycles. The number of benzene rings is 1. The minimum Gasteiger partial charge on any atom is -0.478 e. The van der Waals surface area contributed by atoms with Crippen LogP contribution in [-0.4, -0.2) is 34.6 Å². The number of anilines is 1. The lowest BCUT2D eigenvalue weighted by atomic mass is 10.2. The largest absolute Gasteiger partial charge is 0.478 e. The van der Waals surface area contributed by atoms with E-state index in [2.05, 4.69) is 5.32 Å². The maximum atomic E-state index is 12.1. The smallest absolute Gasteiger partial charge is 0.335 e. The van der Waals surface area contributed by atoms with E-state index in [0.29, 0.717) is 12.2 Å². The molecule has 0 aliphatic carbocycles. The van der Waals surface area contributed by atoms with E-state index >= 15 is 0 Å². The Balaban J connectivity index is 2.72. The van der Waals surface area contributed by atoms with Crippen LogP contribution in [0.4, 0.5) is 10.5 Å². The molecule has 1 rings (SSSR count). The van der Waals surface area contributed by atoms with E-state index in [0.717, 1.165) is 6.42 Å². The number of urea groups is 1. The van der Waals surface area contributed by atoms with Crippen molar-refractivity contribution in [2.45, 2.75) is 33.2 Å². The predicted octanol–water partition coefficient (Wildman–Crippen LogP) is 3.04. The SMILES string of the molecule is CCCN(C(=O)Nc1ccc(C(=O)O)cc1)C(C)C. The number of hydrogen-bond donors (Lipinski definition) is 2. The van der Waals surface area contributed by atoms with Crippen molar-refractivity contribution in [1.29, 1.82) is 0 Å². The first-order valence-electron chi connectivity index (χ1n) is 6.36. The topological polar surface area (TPSA) is 69.6 Å². The predicted molar refractivity (Wildman–Crippen MR) is 74.6 cm³/mol. The standard InChI is InChI=1S/C14H20N2O3/c1-4-9-16(10(2)3)14(19)15-12-7-5-11(6-8-12)13(17)18/h5-8,10H,4,9H2,1-3H3,(H,15,19)(H,17,18). The number of carbonyl (C=O) groups excluding carboxylic acids is 1. The van der Waals surface area contributed by atoms with E-state index in [-0.39, 0.29) is 17.6 Å². The minimum atomic E-state index is -0.979. The van der Waals surface area contributed by atoms with Gasteiger partial charge in [-0.3, -0.25) is 0 Å². The molecule has 19 heavy (non-hydrogen) atoms. The average Bonchev–Trinajstić information content (AvgIpc) is 2.36. The van der Waals surface area contributed by atoms with E-state index < -0.39 is 5.97 Å². The number of hydrogen-bond acceptors (Lipinski definition) is 2. The van der Waals surface area contributed by atoms with Crippen molar-refractivity contribution in [3.05, 3.63) is 29.8 Å². The van der Waals surface area contributed by atoms with Crippen LogP contribution in [0.1, 0.15) is 37.6 Å². The molecule has 1 aromatic carbocycles. The zero-order chi connectivity index (χ0) is 14.4. The lowest BCUT2D eigenvalue weighted by Crippen LogP contribution is -2.40. The van der Waals surface area contributed by atoms with Crippen molar-refractivity contribution in [3.8, 4) is 0 Å². The van der Waals surface area contributed by atoms with Crippen molar-refractivity contribution < 1.29 is 14.7 Å². The van der Waals surface area contributed by atoms with Gasteiger partial charge in [0.05, 0.1) is 5.56 Å². The number of nitrogens with zero attached hydrogens (tertiary/aromatic N) is 1. The third-order valence-electron chi connectivity index (χ3n) is 2.73. The molecule has 5 heteroatoms. The summed E-state index contributed by atoms with van der Waals surface area (Å²) in [5, 5.41) is 11.6. The number of carboxylic acid groups (broad SMARTS) is 1. The van der Waals surface area contributed by atoms with Gasteiger partial charge in [0, 0.05) is 18.3 Å². The first-order valence-corrected chi connectivity index (χ1v) is 6.36. The van der Waals surface area contributed by atoms with Crippen LogP contribution >= 0.6 is 0 Å². The first kappa shape index (κ1) is 15.0. The van der Waals surface area contributed by atoms with E-state index in [1.807, 2.05) is 20.8 Å². The molecule has 2 N–H and O–H groups in total. The summed E-state index contributed by atoms with van der Waals surface area (Å²) < 4.78 is 0. The van der Waals surface area contributed by atoms with Crippen molar-refractivity contribution in [1.82, 2.24) is 4.90 Å². The molecule has 0 saturated carbocycles. The molecule has 0 bridgehead atoms. The summed E-state index contributed by atoms with van der Waals surface area (Å²) in [6, 6.07) is 6.07. The molecule has 0 saturated heterocycles. The van der Waals surface area contributed by atoms with Gasteiger partial charge in [-0.1, -0.05) is 6.92 Å². The summed E-state index contributed by atoms with van der Waals surface area (Å²) in [5.41, 5.74) is 0.795. The van der Waals surface area contributed by atoms with Crippen LogP contribution in [0.5, 0.6) is 0 Å². The molecule has 1 aromatic rings. The van der Waals surface area contributed by atoms with Gasteiger partial charge >= 0.3 is 12.0 Å². The monoisotopic (exact) mass is 264 g/mol. The molecule has 0 radical (unpaired) electrons. The summed E-state index contributed by atoms with van der Waals surface area (Å²) in [7, 11) is 0. The van der Waals surface area contributed by atoms with Gasteiger partial charge in [0.25, 0.3) is 0 Å². The summed E-state index contributed by atoms with van der Waals surface area (Å²) in [5.74, 6) is -0.979. The van der Waals surface area contributed by atoms with Crippen molar-refractivity contribution in [2.75, 3.05) is 11.9 Å². The highest BCUT2D eigenvalue weighted by atomic mass is 16.4. The Morgan fingerprint density at radius 3 is 2.26 bits per heavy atom. The fourth-order valence-corrected chi connectivity index (χ4v) is 1.73. The van der Waals surface area contributed by atoms with Crippen LogP contribution in [0.25, 0.3) is 0 Å². The van der Waals surface area contributed by atoms with Gasteiger partial charge in [-0.25, -0.2) is 9.59 Å². The zero-order valence-corrected chi connectivity index (χ0v) is 11.5. The molecule has 104 valence electrons. The van der Waals surface area contributed by atoms with Crippen LogP contribution in [-0.2, 0) is 0 Å². The third kappa shape index (κ3) is 4.28. The van der Waals surface area contributed by atoms with Crippen LogP contribution in [0, 0.1) is 0 Å². The minimum absolute atomic E-state index is 0.123. The third-order valence-corrected chi connectivity index (χ3v) is 2.73. The first-order chi connectivity index (χ1) is 8.95. The highest BCUT2D eigenvalue weighted by Crippen LogP contribution is 2.11. The molecule has 0 unspecified atom stereocenters. The van der Waals surface area contributed by atoms with Gasteiger partial charge in [0.1, 0.15) is 0 Å². The molecule has 0 aromatic heterocycles. The summed E-state index contributed by atoms with van der Waals surface area (Å²) in [6.07, 6.45) is 0.892. The Morgan fingerprint density at radius 2 is 1.84 bits per heavy atom. The molecular formula is C14H20N2O3. The summed E-state index contributed by atoms with van der Waals surface area (Å²) >= 11 is 0. The van der Waals surface area contributed by atoms with Gasteiger partial charge < -0.3 is 15.3 Å². The fraction of sp³-hybridized carbons (Fsp3) is 0.429. The summed E-state index contributed by atoms with van der Waals surface area (Å²) in [6.45, 7) is 6.63. The van der Waals surface area contributed by atoms with Crippen molar-refractivity contribution in [3.63, 3.8) is 0 Å². The second kappa shape index (κ2) is 6.78. The highest BCUT2D eigenvalue weighted by molar-refractivity contribution is 5.91. The molecule has 2 amide bonds. The van der Waals surface area contributed by atoms with Gasteiger partial charge in [0.15, 0.2) is 0 Å². The Bertz CT molecular complexity index is 441. The highest BCUT2D eigenvalue weighted by Gasteiger charge is 2.15. The van der Waals surface area contributed by atoms with E-state index in [4.69, 9.17) is 5.11 Å². The maximum Gasteiger partial charge on any atom is 0.335 e. The van der Waals surface area contributed by atoms with Gasteiger partial charge in [-0.2, -0.15) is 0 Å². The van der Waals surface area contributed by atoms with Gasteiger partial charge in [-0.05, 0) is 44.5 Å². The zero-order valence-electron chi connectivity index (χ0n) is 11.5. The number of carboxylic acids is 1. The Hall–Kier alpha value is -2.04. The quantitative estimate of drug-likeness (QED) is 0.858. The van der Waals surface area contributed by atoms with Gasteiger partial charge in [0.2, 0.25) is 0 Å². The molecule has 0 atom stereocenters. The van der Waals surface area contributed by atoms with Crippen molar-refractivity contribution in [2.24, 2.45) is 0 Å². The number of nitrogens with one attached hydrogen (secondary N) is 1. The lowest BCUT2D eigenvalue weighted by Gasteiger charge is -2.26. The molecular weight excluding hydrogens is 244 g/mol. The van der Waals surface area contributed by atoms with Crippen LogP contribution < -0.4 is 5.32 Å². The molecule has 5 nitrogen and oxygen atoms in total. The number of amides is 2. The maximum absolute atomic E-state index is 12.1. The summed E-state index contributed by atoms with van der Waals surface area (Å²) in [4.78, 5) is 24.5. The normalized spacial score (nSPS) is 10.3. The Labute approximate surface area is 113 Å². The van der Waals surface area contributed by atoms with Crippen LogP contribution in [0.15, 0.2) is 24.3 Å². The Morgan fingerprint density at radius 1 is 1.26 bits per heavy atom. The van der Waals surface area contributed by atoms with Crippen molar-refractivity contribution >= 4 is 17.7 Å².